The van der Waals surface area contributed by atoms with E-state index in [1.54, 1.807) is 0 Å². The molecule has 0 bridgehead atoms. The minimum absolute atomic E-state index is 0.00215. The summed E-state index contributed by atoms with van der Waals surface area (Å²) in [6, 6.07) is 0. The fourth-order valence-corrected chi connectivity index (χ4v) is 2.91. The van der Waals surface area contributed by atoms with Gasteiger partial charge in [0.1, 0.15) is 0 Å². The molecule has 1 aliphatic heterocycles. The minimum Gasteiger partial charge on any atom is -0.449 e. The van der Waals surface area contributed by atoms with Crippen molar-refractivity contribution in [2.45, 2.75) is 50.3 Å². The Labute approximate surface area is 122 Å². The fraction of sp³-hybridized carbons (Fsp3) is 0.929. The van der Waals surface area contributed by atoms with E-state index in [-0.39, 0.29) is 19.3 Å². The first-order valence-corrected chi connectivity index (χ1v) is 7.52. The van der Waals surface area contributed by atoms with E-state index in [1.807, 2.05) is 4.90 Å². The van der Waals surface area contributed by atoms with Crippen LogP contribution >= 0.6 is 0 Å². The summed E-state index contributed by atoms with van der Waals surface area (Å²) < 4.78 is 49.8. The van der Waals surface area contributed by atoms with Gasteiger partial charge in [0.05, 0.1) is 19.6 Å². The van der Waals surface area contributed by atoms with Crippen molar-refractivity contribution in [2.24, 2.45) is 0 Å². The van der Waals surface area contributed by atoms with Crippen molar-refractivity contribution in [3.63, 3.8) is 0 Å². The van der Waals surface area contributed by atoms with Crippen molar-refractivity contribution in [1.82, 2.24) is 4.90 Å². The normalized spacial score (nSPS) is 23.8. The summed E-state index contributed by atoms with van der Waals surface area (Å²) in [6.07, 6.45) is -3.03. The highest BCUT2D eigenvalue weighted by molar-refractivity contribution is 5.70. The maximum Gasteiger partial charge on any atom is 0.428 e. The molecule has 4 nitrogen and oxygen atoms in total. The van der Waals surface area contributed by atoms with E-state index in [1.165, 1.54) is 0 Å². The highest BCUT2D eigenvalue weighted by Gasteiger charge is 2.58. The average Bonchev–Trinajstić information content (AvgIpc) is 2.46. The van der Waals surface area contributed by atoms with E-state index < -0.39 is 17.7 Å². The Kier molecular flexibility index (Phi) is 5.48. The van der Waals surface area contributed by atoms with Crippen molar-refractivity contribution >= 4 is 5.97 Å². The lowest BCUT2D eigenvalue weighted by atomic mass is 9.84. The zero-order valence-electron chi connectivity index (χ0n) is 12.1. The van der Waals surface area contributed by atoms with E-state index in [9.17, 15) is 18.0 Å². The van der Waals surface area contributed by atoms with Crippen LogP contribution in [-0.2, 0) is 14.3 Å². The van der Waals surface area contributed by atoms with Crippen molar-refractivity contribution in [2.75, 3.05) is 32.8 Å². The Morgan fingerprint density at radius 3 is 2.33 bits per heavy atom. The summed E-state index contributed by atoms with van der Waals surface area (Å²) in [4.78, 5) is 13.8. The molecule has 21 heavy (non-hydrogen) atoms. The molecule has 0 spiro atoms. The topological polar surface area (TPSA) is 38.8 Å². The maximum atomic E-state index is 13.2. The number of hydrogen-bond donors (Lipinski definition) is 0. The van der Waals surface area contributed by atoms with Crippen molar-refractivity contribution < 1.29 is 27.4 Å². The lowest BCUT2D eigenvalue weighted by molar-refractivity contribution is -0.279. The third-order valence-electron chi connectivity index (χ3n) is 4.22. The molecule has 0 amide bonds. The van der Waals surface area contributed by atoms with Gasteiger partial charge in [-0.1, -0.05) is 6.42 Å². The number of nitrogens with zero attached hydrogens (tertiary/aromatic N) is 1. The molecular weight excluding hydrogens is 287 g/mol. The SMILES string of the molecule is O=C(CCN1CCOCC1)OC1(C(F)(F)F)CCCCC1. The molecule has 0 unspecified atom stereocenters. The van der Waals surface area contributed by atoms with Gasteiger partial charge in [-0.25, -0.2) is 0 Å². The second-order valence-electron chi connectivity index (χ2n) is 5.73. The van der Waals surface area contributed by atoms with Gasteiger partial charge in [0, 0.05) is 19.6 Å². The number of hydrogen-bond acceptors (Lipinski definition) is 4. The Morgan fingerprint density at radius 2 is 1.76 bits per heavy atom. The molecule has 2 fully saturated rings. The molecule has 2 rings (SSSR count). The lowest BCUT2D eigenvalue weighted by Gasteiger charge is -2.38. The Hall–Kier alpha value is -0.820. The third kappa shape index (κ3) is 4.32. The number of carbonyl (C=O) groups excluding carboxylic acids is 1. The van der Waals surface area contributed by atoms with E-state index in [4.69, 9.17) is 9.47 Å². The molecule has 0 aromatic heterocycles. The summed E-state index contributed by atoms with van der Waals surface area (Å²) in [5.74, 6) is -0.749. The summed E-state index contributed by atoms with van der Waals surface area (Å²) in [5, 5.41) is 0. The summed E-state index contributed by atoms with van der Waals surface area (Å²) >= 11 is 0. The highest BCUT2D eigenvalue weighted by Crippen LogP contribution is 2.44. The monoisotopic (exact) mass is 309 g/mol. The van der Waals surface area contributed by atoms with Gasteiger partial charge in [0.25, 0.3) is 0 Å². The molecule has 0 aromatic carbocycles. The molecule has 122 valence electrons. The molecule has 2 aliphatic rings. The molecule has 1 saturated heterocycles. The van der Waals surface area contributed by atoms with E-state index in [0.717, 1.165) is 6.42 Å². The summed E-state index contributed by atoms with van der Waals surface area (Å²) in [7, 11) is 0. The molecule has 0 aromatic rings. The summed E-state index contributed by atoms with van der Waals surface area (Å²) in [5.41, 5.74) is -2.26. The molecule has 7 heteroatoms. The van der Waals surface area contributed by atoms with E-state index >= 15 is 0 Å². The number of morpholine rings is 1. The van der Waals surface area contributed by atoms with Crippen LogP contribution in [0, 0.1) is 0 Å². The molecule has 0 atom stereocenters. The van der Waals surface area contributed by atoms with Gasteiger partial charge in [-0.2, -0.15) is 13.2 Å². The first-order chi connectivity index (χ1) is 9.93. The molecule has 0 radical (unpaired) electrons. The number of rotatable bonds is 4. The van der Waals surface area contributed by atoms with Crippen LogP contribution in [0.1, 0.15) is 38.5 Å². The Balaban J connectivity index is 1.86. The quantitative estimate of drug-likeness (QED) is 0.748. The Morgan fingerprint density at radius 1 is 1.14 bits per heavy atom. The van der Waals surface area contributed by atoms with E-state index in [2.05, 4.69) is 0 Å². The minimum atomic E-state index is -4.48. The van der Waals surface area contributed by atoms with E-state index in [0.29, 0.717) is 45.7 Å². The van der Waals surface area contributed by atoms with Gasteiger partial charge in [0.15, 0.2) is 0 Å². The Bertz CT molecular complexity index is 348. The van der Waals surface area contributed by atoms with Gasteiger partial charge < -0.3 is 9.47 Å². The predicted octanol–water partition coefficient (Wildman–Crippen LogP) is 2.52. The molecular formula is C14H22F3NO3. The van der Waals surface area contributed by atoms with Gasteiger partial charge in [-0.05, 0) is 25.7 Å². The number of esters is 1. The second kappa shape index (κ2) is 6.96. The van der Waals surface area contributed by atoms with Crippen LogP contribution in [-0.4, -0.2) is 55.5 Å². The van der Waals surface area contributed by atoms with Crippen LogP contribution in [0.25, 0.3) is 0 Å². The van der Waals surface area contributed by atoms with Gasteiger partial charge in [-0.15, -0.1) is 0 Å². The van der Waals surface area contributed by atoms with Crippen LogP contribution in [0.3, 0.4) is 0 Å². The van der Waals surface area contributed by atoms with Gasteiger partial charge >= 0.3 is 12.1 Å². The van der Waals surface area contributed by atoms with Crippen molar-refractivity contribution in [3.05, 3.63) is 0 Å². The first-order valence-electron chi connectivity index (χ1n) is 7.52. The second-order valence-corrected chi connectivity index (χ2v) is 5.73. The molecule has 0 N–H and O–H groups in total. The predicted molar refractivity (Wildman–Crippen MR) is 69.8 cm³/mol. The largest absolute Gasteiger partial charge is 0.449 e. The van der Waals surface area contributed by atoms with Crippen LogP contribution < -0.4 is 0 Å². The number of halogens is 3. The molecule has 1 aliphatic carbocycles. The van der Waals surface area contributed by atoms with Crippen LogP contribution in [0.2, 0.25) is 0 Å². The maximum absolute atomic E-state index is 13.2. The van der Waals surface area contributed by atoms with Crippen LogP contribution in [0.15, 0.2) is 0 Å². The number of ether oxygens (including phenoxy) is 2. The smallest absolute Gasteiger partial charge is 0.428 e. The van der Waals surface area contributed by atoms with Gasteiger partial charge in [-0.3, -0.25) is 9.69 Å². The molecule has 1 heterocycles. The summed E-state index contributed by atoms with van der Waals surface area (Å²) in [6.45, 7) is 3.04. The zero-order chi connectivity index (χ0) is 15.3. The first kappa shape index (κ1) is 16.5. The average molecular weight is 309 g/mol. The van der Waals surface area contributed by atoms with Crippen molar-refractivity contribution in [1.29, 1.82) is 0 Å². The highest BCUT2D eigenvalue weighted by atomic mass is 19.4. The number of carbonyl (C=O) groups is 1. The zero-order valence-corrected chi connectivity index (χ0v) is 12.1. The third-order valence-corrected chi connectivity index (χ3v) is 4.22. The standard InChI is InChI=1S/C14H22F3NO3/c15-14(16,17)13(5-2-1-3-6-13)21-12(19)4-7-18-8-10-20-11-9-18/h1-11H2. The van der Waals surface area contributed by atoms with Crippen LogP contribution in [0.4, 0.5) is 13.2 Å². The van der Waals surface area contributed by atoms with Crippen LogP contribution in [0.5, 0.6) is 0 Å². The van der Waals surface area contributed by atoms with Crippen molar-refractivity contribution in [3.8, 4) is 0 Å². The molecule has 1 saturated carbocycles. The number of alkyl halides is 3. The fourth-order valence-electron chi connectivity index (χ4n) is 2.91. The lowest BCUT2D eigenvalue weighted by Crippen LogP contribution is -2.50. The van der Waals surface area contributed by atoms with Gasteiger partial charge in [0.2, 0.25) is 5.60 Å².